The molecule has 0 aliphatic carbocycles. The topological polar surface area (TPSA) is 37.0 Å². The van der Waals surface area contributed by atoms with E-state index >= 15 is 0 Å². The molecule has 0 bridgehead atoms. The van der Waals surface area contributed by atoms with E-state index < -0.39 is 11.7 Å². The number of alkyl halides is 3. The summed E-state index contributed by atoms with van der Waals surface area (Å²) in [4.78, 5) is 4.10. The van der Waals surface area contributed by atoms with Crippen LogP contribution in [-0.2, 0) is 6.18 Å². The van der Waals surface area contributed by atoms with Crippen molar-refractivity contribution in [1.82, 2.24) is 4.98 Å². The van der Waals surface area contributed by atoms with Crippen molar-refractivity contribution >= 4 is 28.9 Å². The van der Waals surface area contributed by atoms with Crippen LogP contribution >= 0.6 is 11.6 Å². The molecule has 0 spiro atoms. The normalized spacial score (nSPS) is 11.3. The first kappa shape index (κ1) is 15.4. The van der Waals surface area contributed by atoms with E-state index in [9.17, 15) is 13.2 Å². The van der Waals surface area contributed by atoms with E-state index in [1.165, 1.54) is 0 Å². The maximum absolute atomic E-state index is 12.9. The zero-order valence-electron chi connectivity index (χ0n) is 11.1. The van der Waals surface area contributed by atoms with Gasteiger partial charge in [0.2, 0.25) is 0 Å². The molecule has 0 saturated heterocycles. The number of anilines is 3. The van der Waals surface area contributed by atoms with Gasteiger partial charge in [0.05, 0.1) is 5.56 Å². The minimum Gasteiger partial charge on any atom is -0.370 e. The third-order valence-corrected chi connectivity index (χ3v) is 2.84. The Morgan fingerprint density at radius 3 is 2.48 bits per heavy atom. The molecule has 112 valence electrons. The maximum Gasteiger partial charge on any atom is 0.416 e. The Labute approximate surface area is 125 Å². The molecular weight excluding hydrogens is 303 g/mol. The third kappa shape index (κ3) is 4.26. The highest BCUT2D eigenvalue weighted by Crippen LogP contribution is 2.32. The summed E-state index contributed by atoms with van der Waals surface area (Å²) in [6, 6.07) is 8.62. The van der Waals surface area contributed by atoms with Crippen LogP contribution in [0.4, 0.5) is 30.5 Å². The van der Waals surface area contributed by atoms with Crippen molar-refractivity contribution in [2.24, 2.45) is 0 Å². The van der Waals surface area contributed by atoms with Crippen molar-refractivity contribution in [3.8, 4) is 0 Å². The lowest BCUT2D eigenvalue weighted by molar-refractivity contribution is -0.137. The number of hydrogen-bond acceptors (Lipinski definition) is 3. The predicted octanol–water partition coefficient (Wildman–Crippen LogP) is 4.93. The average Bonchev–Trinajstić information content (AvgIpc) is 2.37. The van der Waals surface area contributed by atoms with E-state index in [1.54, 1.807) is 31.2 Å². The highest BCUT2D eigenvalue weighted by atomic mass is 35.5. The Morgan fingerprint density at radius 1 is 1.14 bits per heavy atom. The van der Waals surface area contributed by atoms with Gasteiger partial charge < -0.3 is 10.6 Å². The minimum absolute atomic E-state index is 0.100. The van der Waals surface area contributed by atoms with Crippen molar-refractivity contribution in [2.45, 2.75) is 13.1 Å². The highest BCUT2D eigenvalue weighted by molar-refractivity contribution is 6.30. The van der Waals surface area contributed by atoms with E-state index in [2.05, 4.69) is 15.6 Å². The van der Waals surface area contributed by atoms with Crippen molar-refractivity contribution in [2.75, 3.05) is 17.2 Å². The molecule has 0 aliphatic rings. The van der Waals surface area contributed by atoms with E-state index in [4.69, 9.17) is 11.6 Å². The number of aromatic nitrogens is 1. The van der Waals surface area contributed by atoms with Gasteiger partial charge in [-0.25, -0.2) is 4.98 Å². The van der Waals surface area contributed by atoms with Crippen molar-refractivity contribution in [3.05, 3.63) is 47.0 Å². The van der Waals surface area contributed by atoms with Crippen LogP contribution in [-0.4, -0.2) is 11.5 Å². The van der Waals surface area contributed by atoms with Gasteiger partial charge in [-0.05, 0) is 37.3 Å². The first-order valence-corrected chi connectivity index (χ1v) is 6.62. The zero-order valence-corrected chi connectivity index (χ0v) is 11.9. The molecule has 2 N–H and O–H groups in total. The molecule has 1 heterocycles. The van der Waals surface area contributed by atoms with E-state index in [1.807, 2.05) is 0 Å². The standard InChI is InChI=1S/C14H13ClF3N3/c1-2-19-12-6-9(14(16,17)18)7-13(21-12)20-11-5-3-4-10(15)8-11/h3-8H,2H2,1H3,(H2,19,20,21). The molecule has 0 atom stereocenters. The van der Waals surface area contributed by atoms with Crippen LogP contribution in [0.15, 0.2) is 36.4 Å². The lowest BCUT2D eigenvalue weighted by Gasteiger charge is -2.13. The number of pyridine rings is 1. The van der Waals surface area contributed by atoms with E-state index in [-0.39, 0.29) is 11.6 Å². The number of nitrogens with one attached hydrogen (secondary N) is 2. The molecular formula is C14H13ClF3N3. The summed E-state index contributed by atoms with van der Waals surface area (Å²) in [5, 5.41) is 6.09. The number of hydrogen-bond donors (Lipinski definition) is 2. The Morgan fingerprint density at radius 2 is 1.86 bits per heavy atom. The number of rotatable bonds is 4. The second-order valence-corrected chi connectivity index (χ2v) is 4.73. The first-order chi connectivity index (χ1) is 9.88. The fourth-order valence-corrected chi connectivity index (χ4v) is 1.93. The lowest BCUT2D eigenvalue weighted by Crippen LogP contribution is -2.09. The van der Waals surface area contributed by atoms with Crippen LogP contribution in [0.3, 0.4) is 0 Å². The molecule has 3 nitrogen and oxygen atoms in total. The molecule has 0 unspecified atom stereocenters. The van der Waals surface area contributed by atoms with Crippen LogP contribution < -0.4 is 10.6 Å². The minimum atomic E-state index is -4.43. The monoisotopic (exact) mass is 315 g/mol. The van der Waals surface area contributed by atoms with Gasteiger partial charge >= 0.3 is 6.18 Å². The first-order valence-electron chi connectivity index (χ1n) is 6.24. The number of nitrogens with zero attached hydrogens (tertiary/aromatic N) is 1. The summed E-state index contributed by atoms with van der Waals surface area (Å²) >= 11 is 5.84. The summed E-state index contributed by atoms with van der Waals surface area (Å²) < 4.78 is 38.7. The summed E-state index contributed by atoms with van der Waals surface area (Å²) in [5.74, 6) is 0.264. The van der Waals surface area contributed by atoms with Crippen molar-refractivity contribution in [1.29, 1.82) is 0 Å². The Bertz CT molecular complexity index is 629. The van der Waals surface area contributed by atoms with E-state index in [0.717, 1.165) is 12.1 Å². The van der Waals surface area contributed by atoms with Gasteiger partial charge in [0.25, 0.3) is 0 Å². The molecule has 0 radical (unpaired) electrons. The predicted molar refractivity (Wildman–Crippen MR) is 78.1 cm³/mol. The number of benzene rings is 1. The van der Waals surface area contributed by atoms with Crippen molar-refractivity contribution in [3.63, 3.8) is 0 Å². The molecule has 0 amide bonds. The van der Waals surface area contributed by atoms with E-state index in [0.29, 0.717) is 17.3 Å². The molecule has 2 rings (SSSR count). The quantitative estimate of drug-likeness (QED) is 0.840. The molecule has 1 aromatic heterocycles. The molecule has 21 heavy (non-hydrogen) atoms. The average molecular weight is 316 g/mol. The Hall–Kier alpha value is -1.95. The molecule has 0 fully saturated rings. The van der Waals surface area contributed by atoms with Gasteiger partial charge in [0.1, 0.15) is 11.6 Å². The molecule has 1 aromatic carbocycles. The van der Waals surface area contributed by atoms with Gasteiger partial charge in [0, 0.05) is 17.3 Å². The van der Waals surface area contributed by atoms with Gasteiger partial charge in [-0.15, -0.1) is 0 Å². The lowest BCUT2D eigenvalue weighted by atomic mass is 10.2. The summed E-state index contributed by atoms with van der Waals surface area (Å²) in [6.07, 6.45) is -4.43. The smallest absolute Gasteiger partial charge is 0.370 e. The van der Waals surface area contributed by atoms with Crippen LogP contribution in [0.5, 0.6) is 0 Å². The molecule has 0 saturated carbocycles. The van der Waals surface area contributed by atoms with Crippen LogP contribution in [0, 0.1) is 0 Å². The summed E-state index contributed by atoms with van der Waals surface area (Å²) in [6.45, 7) is 2.26. The van der Waals surface area contributed by atoms with Gasteiger partial charge in [-0.2, -0.15) is 13.2 Å². The summed E-state index contributed by atoms with van der Waals surface area (Å²) in [7, 11) is 0. The van der Waals surface area contributed by atoms with Crippen LogP contribution in [0.1, 0.15) is 12.5 Å². The fraction of sp³-hybridized carbons (Fsp3) is 0.214. The molecule has 0 aliphatic heterocycles. The fourth-order valence-electron chi connectivity index (χ4n) is 1.74. The van der Waals surface area contributed by atoms with Crippen molar-refractivity contribution < 1.29 is 13.2 Å². The van der Waals surface area contributed by atoms with Crippen LogP contribution in [0.2, 0.25) is 5.02 Å². The molecule has 2 aromatic rings. The summed E-state index contributed by atoms with van der Waals surface area (Å²) in [5.41, 5.74) is -0.199. The maximum atomic E-state index is 12.9. The highest BCUT2D eigenvalue weighted by Gasteiger charge is 2.31. The zero-order chi connectivity index (χ0) is 15.5. The van der Waals surface area contributed by atoms with Crippen LogP contribution in [0.25, 0.3) is 0 Å². The van der Waals surface area contributed by atoms with Gasteiger partial charge in [-0.3, -0.25) is 0 Å². The molecule has 7 heteroatoms. The SMILES string of the molecule is CCNc1cc(C(F)(F)F)cc(Nc2cccc(Cl)c2)n1. The second-order valence-electron chi connectivity index (χ2n) is 4.29. The third-order valence-electron chi connectivity index (χ3n) is 2.61. The van der Waals surface area contributed by atoms with Gasteiger partial charge in [-0.1, -0.05) is 17.7 Å². The van der Waals surface area contributed by atoms with Gasteiger partial charge in [0.15, 0.2) is 0 Å². The number of halogens is 4. The Kier molecular flexibility index (Phi) is 4.57. The second kappa shape index (κ2) is 6.22. The largest absolute Gasteiger partial charge is 0.416 e. The Balaban J connectivity index is 2.35.